The lowest BCUT2D eigenvalue weighted by Gasteiger charge is -2.35. The van der Waals surface area contributed by atoms with Gasteiger partial charge < -0.3 is 10.2 Å². The van der Waals surface area contributed by atoms with E-state index in [9.17, 15) is 0 Å². The third-order valence-corrected chi connectivity index (χ3v) is 4.89. The molecular formula is C20H24N6. The number of rotatable bonds is 5. The van der Waals surface area contributed by atoms with E-state index < -0.39 is 0 Å². The number of anilines is 1. The Labute approximate surface area is 153 Å². The SMILES string of the molecule is CN1CCN(CC(Nc2ccc3nccnc3n2)c2ccccc2)CC1. The van der Waals surface area contributed by atoms with Crippen molar-refractivity contribution in [3.05, 3.63) is 60.4 Å². The van der Waals surface area contributed by atoms with Crippen LogP contribution in [0, 0.1) is 0 Å². The molecule has 1 fully saturated rings. The van der Waals surface area contributed by atoms with Gasteiger partial charge >= 0.3 is 0 Å². The van der Waals surface area contributed by atoms with Gasteiger partial charge in [-0.25, -0.2) is 9.97 Å². The van der Waals surface area contributed by atoms with Crippen LogP contribution in [0.5, 0.6) is 0 Å². The summed E-state index contributed by atoms with van der Waals surface area (Å²) in [7, 11) is 2.18. The molecule has 0 aliphatic carbocycles. The van der Waals surface area contributed by atoms with Crippen molar-refractivity contribution < 1.29 is 0 Å². The monoisotopic (exact) mass is 348 g/mol. The summed E-state index contributed by atoms with van der Waals surface area (Å²) in [6.07, 6.45) is 3.37. The number of piperazine rings is 1. The van der Waals surface area contributed by atoms with Crippen molar-refractivity contribution in [2.75, 3.05) is 45.1 Å². The lowest BCUT2D eigenvalue weighted by molar-refractivity contribution is 0.149. The Bertz CT molecular complexity index is 845. The first-order chi connectivity index (χ1) is 12.8. The van der Waals surface area contributed by atoms with E-state index in [0.29, 0.717) is 5.65 Å². The standard InChI is InChI=1S/C20H24N6/c1-25-11-13-26(14-12-25)15-18(16-5-3-2-4-6-16)23-19-8-7-17-20(24-19)22-10-9-21-17/h2-10,18H,11-15H2,1H3,(H,22,23,24). The first-order valence-corrected chi connectivity index (χ1v) is 9.08. The molecule has 1 aliphatic heterocycles. The lowest BCUT2D eigenvalue weighted by atomic mass is 10.1. The van der Waals surface area contributed by atoms with Gasteiger partial charge in [0.25, 0.3) is 0 Å². The molecule has 6 nitrogen and oxygen atoms in total. The molecule has 1 aromatic carbocycles. The van der Waals surface area contributed by atoms with Gasteiger partial charge in [-0.15, -0.1) is 0 Å². The fourth-order valence-corrected chi connectivity index (χ4v) is 3.32. The summed E-state index contributed by atoms with van der Waals surface area (Å²) in [5.41, 5.74) is 2.75. The highest BCUT2D eigenvalue weighted by molar-refractivity contribution is 5.71. The molecule has 6 heteroatoms. The molecule has 4 rings (SSSR count). The fraction of sp³-hybridized carbons (Fsp3) is 0.350. The predicted octanol–water partition coefficient (Wildman–Crippen LogP) is 2.43. The molecule has 0 spiro atoms. The van der Waals surface area contributed by atoms with E-state index in [2.05, 4.69) is 67.4 Å². The van der Waals surface area contributed by atoms with E-state index in [4.69, 9.17) is 0 Å². The van der Waals surface area contributed by atoms with Crippen LogP contribution >= 0.6 is 0 Å². The Morgan fingerprint density at radius 2 is 1.73 bits per heavy atom. The lowest BCUT2D eigenvalue weighted by Crippen LogP contribution is -2.46. The molecule has 2 aromatic heterocycles. The van der Waals surface area contributed by atoms with Gasteiger partial charge in [-0.2, -0.15) is 0 Å². The molecule has 1 unspecified atom stereocenters. The quantitative estimate of drug-likeness (QED) is 0.764. The topological polar surface area (TPSA) is 57.2 Å². The third kappa shape index (κ3) is 3.98. The van der Waals surface area contributed by atoms with Crippen LogP contribution in [0.25, 0.3) is 11.2 Å². The normalized spacial score (nSPS) is 17.3. The molecule has 0 saturated carbocycles. The molecule has 1 atom stereocenters. The minimum Gasteiger partial charge on any atom is -0.362 e. The smallest absolute Gasteiger partial charge is 0.180 e. The second-order valence-electron chi connectivity index (χ2n) is 6.81. The summed E-state index contributed by atoms with van der Waals surface area (Å²) in [6.45, 7) is 5.38. The van der Waals surface area contributed by atoms with Gasteiger partial charge in [-0.05, 0) is 24.7 Å². The largest absolute Gasteiger partial charge is 0.362 e. The van der Waals surface area contributed by atoms with Gasteiger partial charge in [-0.1, -0.05) is 30.3 Å². The van der Waals surface area contributed by atoms with Gasteiger partial charge in [0, 0.05) is 45.1 Å². The minimum absolute atomic E-state index is 0.182. The second-order valence-corrected chi connectivity index (χ2v) is 6.81. The number of aromatic nitrogens is 3. The Kier molecular flexibility index (Phi) is 5.04. The molecular weight excluding hydrogens is 324 g/mol. The minimum atomic E-state index is 0.182. The average molecular weight is 348 g/mol. The molecule has 3 aromatic rings. The third-order valence-electron chi connectivity index (χ3n) is 4.89. The Balaban J connectivity index is 1.55. The summed E-state index contributed by atoms with van der Waals surface area (Å²) >= 11 is 0. The van der Waals surface area contributed by atoms with Crippen molar-refractivity contribution in [1.82, 2.24) is 24.8 Å². The molecule has 3 heterocycles. The van der Waals surface area contributed by atoms with Crippen LogP contribution in [-0.2, 0) is 0 Å². The van der Waals surface area contributed by atoms with Crippen LogP contribution < -0.4 is 5.32 Å². The van der Waals surface area contributed by atoms with Crippen LogP contribution in [0.15, 0.2) is 54.9 Å². The van der Waals surface area contributed by atoms with Crippen molar-refractivity contribution in [3.63, 3.8) is 0 Å². The van der Waals surface area contributed by atoms with E-state index >= 15 is 0 Å². The average Bonchev–Trinajstić information content (AvgIpc) is 2.70. The number of hydrogen-bond donors (Lipinski definition) is 1. The maximum Gasteiger partial charge on any atom is 0.180 e. The predicted molar refractivity (Wildman–Crippen MR) is 104 cm³/mol. The maximum atomic E-state index is 4.63. The molecule has 0 amide bonds. The molecule has 134 valence electrons. The number of benzene rings is 1. The van der Waals surface area contributed by atoms with Gasteiger partial charge in [-0.3, -0.25) is 9.88 Å². The number of fused-ring (bicyclic) bond motifs is 1. The van der Waals surface area contributed by atoms with Crippen LogP contribution in [0.1, 0.15) is 11.6 Å². The summed E-state index contributed by atoms with van der Waals surface area (Å²) < 4.78 is 0. The van der Waals surface area contributed by atoms with Crippen molar-refractivity contribution in [2.45, 2.75) is 6.04 Å². The van der Waals surface area contributed by atoms with Gasteiger partial charge in [0.15, 0.2) is 5.65 Å². The molecule has 1 N–H and O–H groups in total. The van der Waals surface area contributed by atoms with E-state index in [1.807, 2.05) is 12.1 Å². The molecule has 0 radical (unpaired) electrons. The number of nitrogens with one attached hydrogen (secondary N) is 1. The zero-order chi connectivity index (χ0) is 17.8. The number of nitrogens with zero attached hydrogens (tertiary/aromatic N) is 5. The van der Waals surface area contributed by atoms with Crippen molar-refractivity contribution in [1.29, 1.82) is 0 Å². The zero-order valence-electron chi connectivity index (χ0n) is 15.0. The first-order valence-electron chi connectivity index (χ1n) is 9.08. The van der Waals surface area contributed by atoms with Gasteiger partial charge in [0.05, 0.1) is 6.04 Å². The van der Waals surface area contributed by atoms with Crippen LogP contribution in [0.2, 0.25) is 0 Å². The zero-order valence-corrected chi connectivity index (χ0v) is 15.0. The summed E-state index contributed by atoms with van der Waals surface area (Å²) in [5, 5.41) is 3.61. The summed E-state index contributed by atoms with van der Waals surface area (Å²) in [6, 6.07) is 14.7. The molecule has 1 aliphatic rings. The molecule has 0 bridgehead atoms. The summed E-state index contributed by atoms with van der Waals surface area (Å²) in [5.74, 6) is 0.834. The first kappa shape index (κ1) is 16.9. The van der Waals surface area contributed by atoms with Crippen molar-refractivity contribution in [2.24, 2.45) is 0 Å². The Morgan fingerprint density at radius 3 is 2.54 bits per heavy atom. The van der Waals surface area contributed by atoms with Crippen molar-refractivity contribution in [3.8, 4) is 0 Å². The van der Waals surface area contributed by atoms with Gasteiger partial charge in [0.2, 0.25) is 0 Å². The Morgan fingerprint density at radius 1 is 0.962 bits per heavy atom. The summed E-state index contributed by atoms with van der Waals surface area (Å²) in [4.78, 5) is 18.1. The van der Waals surface area contributed by atoms with Crippen molar-refractivity contribution >= 4 is 17.0 Å². The number of pyridine rings is 1. The maximum absolute atomic E-state index is 4.63. The van der Waals surface area contributed by atoms with E-state index in [1.165, 1.54) is 5.56 Å². The van der Waals surface area contributed by atoms with Crippen LogP contribution in [-0.4, -0.2) is 64.5 Å². The van der Waals surface area contributed by atoms with Crippen LogP contribution in [0.3, 0.4) is 0 Å². The highest BCUT2D eigenvalue weighted by atomic mass is 15.3. The van der Waals surface area contributed by atoms with E-state index in [1.54, 1.807) is 12.4 Å². The van der Waals surface area contributed by atoms with E-state index in [0.717, 1.165) is 44.1 Å². The highest BCUT2D eigenvalue weighted by Gasteiger charge is 2.20. The van der Waals surface area contributed by atoms with Gasteiger partial charge in [0.1, 0.15) is 11.3 Å². The Hall–Kier alpha value is -2.57. The highest BCUT2D eigenvalue weighted by Crippen LogP contribution is 2.21. The number of hydrogen-bond acceptors (Lipinski definition) is 6. The van der Waals surface area contributed by atoms with E-state index in [-0.39, 0.29) is 6.04 Å². The molecule has 1 saturated heterocycles. The van der Waals surface area contributed by atoms with Crippen LogP contribution in [0.4, 0.5) is 5.82 Å². The number of likely N-dealkylation sites (N-methyl/N-ethyl adjacent to an activating group) is 1. The fourth-order valence-electron chi connectivity index (χ4n) is 3.32. The molecule has 26 heavy (non-hydrogen) atoms. The second kappa shape index (κ2) is 7.76.